The Hall–Kier alpha value is -3.32. The largest absolute Gasteiger partial charge is 0.488 e. The fraction of sp³-hybridized carbons (Fsp3) is 0.360. The summed E-state index contributed by atoms with van der Waals surface area (Å²) in [4.78, 5) is 8.87. The van der Waals surface area contributed by atoms with Crippen molar-refractivity contribution in [2.45, 2.75) is 39.1 Å². The lowest BCUT2D eigenvalue weighted by Gasteiger charge is -2.18. The second-order valence-electron chi connectivity index (χ2n) is 7.95. The van der Waals surface area contributed by atoms with Gasteiger partial charge in [-0.2, -0.15) is 0 Å². The molecule has 4 rings (SSSR count). The van der Waals surface area contributed by atoms with E-state index in [2.05, 4.69) is 74.6 Å². The number of ether oxygens (including phenoxy) is 2. The third kappa shape index (κ3) is 5.88. The molecule has 3 aromatic rings. The van der Waals surface area contributed by atoms with E-state index in [-0.39, 0.29) is 6.10 Å². The first-order chi connectivity index (χ1) is 15.7. The minimum Gasteiger partial charge on any atom is -0.488 e. The lowest BCUT2D eigenvalue weighted by Crippen LogP contribution is -2.37. The molecule has 0 radical (unpaired) electrons. The molecule has 1 aliphatic heterocycles. The third-order valence-corrected chi connectivity index (χ3v) is 5.49. The average molecular weight is 434 g/mol. The van der Waals surface area contributed by atoms with Crippen LogP contribution in [0.2, 0.25) is 0 Å². The maximum absolute atomic E-state index is 6.21. The number of guanidine groups is 1. The van der Waals surface area contributed by atoms with E-state index in [4.69, 9.17) is 9.47 Å². The summed E-state index contributed by atoms with van der Waals surface area (Å²) in [5.41, 5.74) is 3.51. The van der Waals surface area contributed by atoms with E-state index < -0.39 is 0 Å². The molecule has 1 atom stereocenters. The van der Waals surface area contributed by atoms with Crippen molar-refractivity contribution in [1.82, 2.24) is 20.2 Å². The molecular formula is C25H31N5O2. The molecule has 7 heteroatoms. The smallest absolute Gasteiger partial charge is 0.191 e. The van der Waals surface area contributed by atoms with Crippen molar-refractivity contribution in [3.05, 3.63) is 83.4 Å². The predicted molar refractivity (Wildman–Crippen MR) is 126 cm³/mol. The van der Waals surface area contributed by atoms with Crippen LogP contribution >= 0.6 is 0 Å². The van der Waals surface area contributed by atoms with Crippen LogP contribution in [-0.4, -0.2) is 41.9 Å². The van der Waals surface area contributed by atoms with E-state index in [1.54, 1.807) is 7.05 Å². The van der Waals surface area contributed by atoms with E-state index in [9.17, 15) is 0 Å². The maximum atomic E-state index is 6.21. The molecule has 2 N–H and O–H groups in total. The van der Waals surface area contributed by atoms with Gasteiger partial charge in [0.25, 0.3) is 0 Å². The Bertz CT molecular complexity index is 1030. The molecule has 0 spiro atoms. The summed E-state index contributed by atoms with van der Waals surface area (Å²) >= 11 is 0. The van der Waals surface area contributed by atoms with Gasteiger partial charge in [0.05, 0.1) is 19.8 Å². The van der Waals surface area contributed by atoms with Crippen molar-refractivity contribution in [2.75, 3.05) is 20.3 Å². The minimum absolute atomic E-state index is 0.122. The van der Waals surface area contributed by atoms with Gasteiger partial charge in [0.1, 0.15) is 17.7 Å². The number of aryl methyl sites for hydroxylation is 1. The van der Waals surface area contributed by atoms with Crippen molar-refractivity contribution in [1.29, 1.82) is 0 Å². The third-order valence-electron chi connectivity index (χ3n) is 5.49. The number of hydrogen-bond donors (Lipinski definition) is 2. The molecule has 1 aromatic heterocycles. The normalized spacial score (nSPS) is 16.2. The number of imidazole rings is 1. The summed E-state index contributed by atoms with van der Waals surface area (Å²) in [5.74, 6) is 2.58. The predicted octanol–water partition coefficient (Wildman–Crippen LogP) is 3.27. The number of aliphatic imine (C=N–C) groups is 1. The van der Waals surface area contributed by atoms with Gasteiger partial charge in [0.2, 0.25) is 0 Å². The molecule has 168 valence electrons. The summed E-state index contributed by atoms with van der Waals surface area (Å²) in [5, 5.41) is 6.76. The number of rotatable bonds is 8. The van der Waals surface area contributed by atoms with E-state index in [0.29, 0.717) is 19.7 Å². The van der Waals surface area contributed by atoms with Crippen molar-refractivity contribution in [3.8, 4) is 5.75 Å². The number of nitrogens with zero attached hydrogens (tertiary/aromatic N) is 3. The summed E-state index contributed by atoms with van der Waals surface area (Å²) in [6, 6.07) is 16.7. The standard InChI is InChI=1S/C25H31N5O2/c1-19-8-9-21(23(14-19)32-22-10-13-31-18-22)15-28-25(26-2)29-16-24-27-11-12-30(24)17-20-6-4-3-5-7-20/h3-9,11-12,14,22H,10,13,15-18H2,1-2H3,(H2,26,28,29). The van der Waals surface area contributed by atoms with E-state index >= 15 is 0 Å². The Kier molecular flexibility index (Phi) is 7.40. The molecule has 0 bridgehead atoms. The molecule has 2 aromatic carbocycles. The minimum atomic E-state index is 0.122. The van der Waals surface area contributed by atoms with Crippen molar-refractivity contribution < 1.29 is 9.47 Å². The van der Waals surface area contributed by atoms with E-state index in [0.717, 1.165) is 42.7 Å². The molecule has 1 saturated heterocycles. The van der Waals surface area contributed by atoms with Crippen molar-refractivity contribution >= 4 is 5.96 Å². The zero-order valence-electron chi connectivity index (χ0n) is 18.8. The first kappa shape index (κ1) is 21.9. The monoisotopic (exact) mass is 433 g/mol. The highest BCUT2D eigenvalue weighted by Gasteiger charge is 2.19. The van der Waals surface area contributed by atoms with Crippen LogP contribution in [0.1, 0.15) is 28.9 Å². The van der Waals surface area contributed by atoms with Crippen LogP contribution in [0.5, 0.6) is 5.75 Å². The second kappa shape index (κ2) is 10.8. The van der Waals surface area contributed by atoms with Gasteiger partial charge in [-0.3, -0.25) is 4.99 Å². The maximum Gasteiger partial charge on any atom is 0.191 e. The van der Waals surface area contributed by atoms with Gasteiger partial charge in [-0.15, -0.1) is 0 Å². The van der Waals surface area contributed by atoms with Gasteiger partial charge < -0.3 is 24.7 Å². The topological polar surface area (TPSA) is 72.7 Å². The highest BCUT2D eigenvalue weighted by molar-refractivity contribution is 5.79. The van der Waals surface area contributed by atoms with Crippen LogP contribution < -0.4 is 15.4 Å². The highest BCUT2D eigenvalue weighted by Crippen LogP contribution is 2.23. The molecule has 0 amide bonds. The zero-order chi connectivity index (χ0) is 22.2. The van der Waals surface area contributed by atoms with Crippen molar-refractivity contribution in [2.24, 2.45) is 4.99 Å². The molecule has 7 nitrogen and oxygen atoms in total. The highest BCUT2D eigenvalue weighted by atomic mass is 16.5. The SMILES string of the molecule is CN=C(NCc1ccc(C)cc1OC1CCOC1)NCc1nccn1Cc1ccccc1. The first-order valence-electron chi connectivity index (χ1n) is 11.0. The lowest BCUT2D eigenvalue weighted by molar-refractivity contribution is 0.140. The quantitative estimate of drug-likeness (QED) is 0.421. The fourth-order valence-corrected chi connectivity index (χ4v) is 3.70. The Morgan fingerprint density at radius 1 is 1.19 bits per heavy atom. The molecule has 1 aliphatic rings. The summed E-state index contributed by atoms with van der Waals surface area (Å²) in [7, 11) is 1.77. The average Bonchev–Trinajstić information content (AvgIpc) is 3.48. The van der Waals surface area contributed by atoms with Gasteiger partial charge in [-0.05, 0) is 24.1 Å². The first-order valence-corrected chi connectivity index (χ1v) is 11.0. The van der Waals surface area contributed by atoms with E-state index in [1.807, 2.05) is 18.5 Å². The van der Waals surface area contributed by atoms with Crippen LogP contribution in [0.15, 0.2) is 65.9 Å². The molecule has 1 unspecified atom stereocenters. The fourth-order valence-electron chi connectivity index (χ4n) is 3.70. The zero-order valence-corrected chi connectivity index (χ0v) is 18.8. The summed E-state index contributed by atoms with van der Waals surface area (Å²) in [6.45, 7) is 5.48. The molecular weight excluding hydrogens is 402 g/mol. The summed E-state index contributed by atoms with van der Waals surface area (Å²) in [6.07, 6.45) is 4.89. The van der Waals surface area contributed by atoms with Crippen LogP contribution in [0, 0.1) is 6.92 Å². The molecule has 32 heavy (non-hydrogen) atoms. The van der Waals surface area contributed by atoms with Crippen LogP contribution in [0.4, 0.5) is 0 Å². The van der Waals surface area contributed by atoms with Gasteiger partial charge in [-0.1, -0.05) is 42.5 Å². The lowest BCUT2D eigenvalue weighted by atomic mass is 10.1. The van der Waals surface area contributed by atoms with Crippen LogP contribution in [-0.2, 0) is 24.4 Å². The van der Waals surface area contributed by atoms with Gasteiger partial charge in [0.15, 0.2) is 5.96 Å². The Morgan fingerprint density at radius 2 is 2.03 bits per heavy atom. The molecule has 1 fully saturated rings. The second-order valence-corrected chi connectivity index (χ2v) is 7.95. The Labute approximate surface area is 189 Å². The van der Waals surface area contributed by atoms with Crippen LogP contribution in [0.25, 0.3) is 0 Å². The molecule has 0 saturated carbocycles. The number of nitrogens with one attached hydrogen (secondary N) is 2. The number of benzene rings is 2. The van der Waals surface area contributed by atoms with E-state index in [1.165, 1.54) is 11.1 Å². The van der Waals surface area contributed by atoms with Crippen LogP contribution in [0.3, 0.4) is 0 Å². The van der Waals surface area contributed by atoms with Crippen molar-refractivity contribution in [3.63, 3.8) is 0 Å². The molecule has 2 heterocycles. The Morgan fingerprint density at radius 3 is 2.81 bits per heavy atom. The molecule has 0 aliphatic carbocycles. The number of hydrogen-bond acceptors (Lipinski definition) is 4. The summed E-state index contributed by atoms with van der Waals surface area (Å²) < 4.78 is 13.8. The number of aromatic nitrogens is 2. The van der Waals surface area contributed by atoms with Gasteiger partial charge >= 0.3 is 0 Å². The van der Waals surface area contributed by atoms with Gasteiger partial charge in [0, 0.05) is 44.5 Å². The Balaban J connectivity index is 1.34. The van der Waals surface area contributed by atoms with Gasteiger partial charge in [-0.25, -0.2) is 4.98 Å².